The van der Waals surface area contributed by atoms with Crippen molar-refractivity contribution < 1.29 is 9.90 Å². The Kier molecular flexibility index (Phi) is 4.71. The molecule has 1 amide bonds. The molecule has 0 aromatic heterocycles. The molecule has 0 heterocycles. The average molecular weight is 296 g/mol. The summed E-state index contributed by atoms with van der Waals surface area (Å²) in [6.07, 6.45) is 1.99. The second-order valence-corrected chi connectivity index (χ2v) is 6.59. The number of rotatable bonds is 6. The fourth-order valence-corrected chi connectivity index (χ4v) is 2.69. The van der Waals surface area contributed by atoms with E-state index >= 15 is 0 Å². The van der Waals surface area contributed by atoms with E-state index in [2.05, 4.69) is 5.32 Å². The third-order valence-corrected chi connectivity index (χ3v) is 4.32. The van der Waals surface area contributed by atoms with Crippen molar-refractivity contribution in [1.29, 1.82) is 0 Å². The zero-order chi connectivity index (χ0) is 14.8. The number of hydrogen-bond donors (Lipinski definition) is 2. The molecule has 1 aromatic carbocycles. The molecule has 3 nitrogen and oxygen atoms in total. The van der Waals surface area contributed by atoms with Crippen LogP contribution in [-0.2, 0) is 4.79 Å². The minimum atomic E-state index is -0.205. The second-order valence-electron chi connectivity index (χ2n) is 6.15. The highest BCUT2D eigenvalue weighted by atomic mass is 35.5. The Balaban J connectivity index is 2.06. The molecule has 1 saturated carbocycles. The first-order valence-corrected chi connectivity index (χ1v) is 7.49. The summed E-state index contributed by atoms with van der Waals surface area (Å²) in [5.74, 6) is 0.00271. The third kappa shape index (κ3) is 3.53. The molecule has 1 aromatic rings. The minimum absolute atomic E-state index is 0.0157. The summed E-state index contributed by atoms with van der Waals surface area (Å²) >= 11 is 6.02. The van der Waals surface area contributed by atoms with Crippen LogP contribution in [0.25, 0.3) is 0 Å². The quantitative estimate of drug-likeness (QED) is 0.848. The third-order valence-electron chi connectivity index (χ3n) is 4.09. The van der Waals surface area contributed by atoms with Gasteiger partial charge in [0.1, 0.15) is 0 Å². The van der Waals surface area contributed by atoms with Crippen molar-refractivity contribution in [3.8, 4) is 0 Å². The van der Waals surface area contributed by atoms with E-state index in [1.54, 1.807) is 0 Å². The summed E-state index contributed by atoms with van der Waals surface area (Å²) in [7, 11) is 0. The van der Waals surface area contributed by atoms with Crippen LogP contribution >= 0.6 is 11.6 Å². The van der Waals surface area contributed by atoms with Gasteiger partial charge in [0.15, 0.2) is 0 Å². The average Bonchev–Trinajstić information content (AvgIpc) is 3.17. The number of aliphatic hydroxyl groups excluding tert-OH is 1. The van der Waals surface area contributed by atoms with Crippen LogP contribution in [0.2, 0.25) is 5.02 Å². The van der Waals surface area contributed by atoms with Crippen molar-refractivity contribution in [1.82, 2.24) is 5.32 Å². The first-order chi connectivity index (χ1) is 9.47. The molecule has 110 valence electrons. The van der Waals surface area contributed by atoms with Crippen LogP contribution in [0.15, 0.2) is 24.3 Å². The Hall–Kier alpha value is -1.06. The van der Waals surface area contributed by atoms with E-state index < -0.39 is 0 Å². The molecule has 4 heteroatoms. The van der Waals surface area contributed by atoms with Crippen molar-refractivity contribution in [2.45, 2.75) is 32.6 Å². The van der Waals surface area contributed by atoms with Gasteiger partial charge in [-0.3, -0.25) is 4.79 Å². The van der Waals surface area contributed by atoms with E-state index in [9.17, 15) is 9.90 Å². The Labute approximate surface area is 125 Å². The van der Waals surface area contributed by atoms with Gasteiger partial charge in [0.2, 0.25) is 5.91 Å². The van der Waals surface area contributed by atoms with Gasteiger partial charge >= 0.3 is 0 Å². The normalized spacial score (nSPS) is 17.9. The molecule has 2 N–H and O–H groups in total. The smallest absolute Gasteiger partial charge is 0.227 e. The Morgan fingerprint density at radius 1 is 1.45 bits per heavy atom. The highest BCUT2D eigenvalue weighted by Crippen LogP contribution is 2.44. The van der Waals surface area contributed by atoms with Crippen LogP contribution in [0.5, 0.6) is 0 Å². The molecule has 20 heavy (non-hydrogen) atoms. The van der Waals surface area contributed by atoms with Gasteiger partial charge in [0, 0.05) is 17.0 Å². The monoisotopic (exact) mass is 295 g/mol. The lowest BCUT2D eigenvalue weighted by Gasteiger charge is -2.22. The standard InChI is InChI=1S/C16H22ClNO2/c1-11(2)14(12-4-3-5-13(17)8-12)15(20)18-9-16(10-19)6-7-16/h3-5,8,11,14,19H,6-7,9-10H2,1-2H3,(H,18,20). The maximum atomic E-state index is 12.5. The van der Waals surface area contributed by atoms with E-state index in [0.29, 0.717) is 11.6 Å². The predicted molar refractivity (Wildman–Crippen MR) is 80.8 cm³/mol. The molecule has 0 saturated heterocycles. The van der Waals surface area contributed by atoms with Crippen molar-refractivity contribution in [3.05, 3.63) is 34.9 Å². The molecule has 0 aliphatic heterocycles. The first-order valence-electron chi connectivity index (χ1n) is 7.11. The topological polar surface area (TPSA) is 49.3 Å². The van der Waals surface area contributed by atoms with Gasteiger partial charge in [-0.2, -0.15) is 0 Å². The lowest BCUT2D eigenvalue weighted by Crippen LogP contribution is -2.37. The maximum Gasteiger partial charge on any atom is 0.227 e. The number of hydrogen-bond acceptors (Lipinski definition) is 2. The largest absolute Gasteiger partial charge is 0.396 e. The van der Waals surface area contributed by atoms with E-state index in [0.717, 1.165) is 18.4 Å². The van der Waals surface area contributed by atoms with Crippen LogP contribution in [0, 0.1) is 11.3 Å². The number of carbonyl (C=O) groups excluding carboxylic acids is 1. The molecule has 1 unspecified atom stereocenters. The van der Waals surface area contributed by atoms with Crippen LogP contribution in [0.3, 0.4) is 0 Å². The summed E-state index contributed by atoms with van der Waals surface area (Å²) in [5, 5.41) is 12.9. The number of aliphatic hydroxyl groups is 1. The molecule has 2 rings (SSSR count). The highest BCUT2D eigenvalue weighted by molar-refractivity contribution is 6.30. The Morgan fingerprint density at radius 2 is 2.15 bits per heavy atom. The number of halogens is 1. The number of nitrogens with one attached hydrogen (secondary N) is 1. The van der Waals surface area contributed by atoms with Gasteiger partial charge in [-0.25, -0.2) is 0 Å². The van der Waals surface area contributed by atoms with Gasteiger partial charge in [0.25, 0.3) is 0 Å². The lowest BCUT2D eigenvalue weighted by molar-refractivity contribution is -0.123. The lowest BCUT2D eigenvalue weighted by atomic mass is 9.87. The Bertz CT molecular complexity index is 483. The molecule has 0 bridgehead atoms. The summed E-state index contributed by atoms with van der Waals surface area (Å²) in [6, 6.07) is 7.47. The van der Waals surface area contributed by atoms with Crippen LogP contribution in [-0.4, -0.2) is 24.2 Å². The van der Waals surface area contributed by atoms with Gasteiger partial charge in [-0.1, -0.05) is 37.6 Å². The van der Waals surface area contributed by atoms with E-state index in [4.69, 9.17) is 11.6 Å². The SMILES string of the molecule is CC(C)C(C(=O)NCC1(CO)CC1)c1cccc(Cl)c1. The van der Waals surface area contributed by atoms with E-state index in [1.165, 1.54) is 0 Å². The first kappa shape index (κ1) is 15.3. The summed E-state index contributed by atoms with van der Waals surface area (Å²) in [4.78, 5) is 12.5. The summed E-state index contributed by atoms with van der Waals surface area (Å²) < 4.78 is 0. The fraction of sp³-hybridized carbons (Fsp3) is 0.562. The predicted octanol–water partition coefficient (Wildman–Crippen LogP) is 2.97. The van der Waals surface area contributed by atoms with Crippen molar-refractivity contribution in [3.63, 3.8) is 0 Å². The van der Waals surface area contributed by atoms with E-state index in [1.807, 2.05) is 38.1 Å². The minimum Gasteiger partial charge on any atom is -0.396 e. The summed E-state index contributed by atoms with van der Waals surface area (Å²) in [6.45, 7) is 4.77. The number of amides is 1. The van der Waals surface area contributed by atoms with Gasteiger partial charge < -0.3 is 10.4 Å². The van der Waals surface area contributed by atoms with Gasteiger partial charge in [-0.05, 0) is 36.5 Å². The number of benzene rings is 1. The fourth-order valence-electron chi connectivity index (χ4n) is 2.49. The van der Waals surface area contributed by atoms with Crippen LogP contribution in [0.4, 0.5) is 0 Å². The van der Waals surface area contributed by atoms with E-state index in [-0.39, 0.29) is 29.8 Å². The van der Waals surface area contributed by atoms with Crippen LogP contribution in [0.1, 0.15) is 38.2 Å². The molecule has 1 aliphatic carbocycles. The zero-order valence-corrected chi connectivity index (χ0v) is 12.8. The Morgan fingerprint density at radius 3 is 2.65 bits per heavy atom. The summed E-state index contributed by atoms with van der Waals surface area (Å²) in [5.41, 5.74) is 0.879. The van der Waals surface area contributed by atoms with Crippen molar-refractivity contribution in [2.75, 3.05) is 13.2 Å². The second kappa shape index (κ2) is 6.15. The van der Waals surface area contributed by atoms with Crippen LogP contribution < -0.4 is 5.32 Å². The zero-order valence-electron chi connectivity index (χ0n) is 12.0. The number of carbonyl (C=O) groups is 1. The van der Waals surface area contributed by atoms with Crippen molar-refractivity contribution >= 4 is 17.5 Å². The highest BCUT2D eigenvalue weighted by Gasteiger charge is 2.42. The molecule has 0 radical (unpaired) electrons. The van der Waals surface area contributed by atoms with Gasteiger partial charge in [0.05, 0.1) is 12.5 Å². The maximum absolute atomic E-state index is 12.5. The van der Waals surface area contributed by atoms with Gasteiger partial charge in [-0.15, -0.1) is 0 Å². The molecule has 1 atom stereocenters. The molecular weight excluding hydrogens is 274 g/mol. The molecular formula is C16H22ClNO2. The van der Waals surface area contributed by atoms with Crippen molar-refractivity contribution in [2.24, 2.45) is 11.3 Å². The molecule has 1 aliphatic rings. The molecule has 1 fully saturated rings. The molecule has 0 spiro atoms.